The van der Waals surface area contributed by atoms with Crippen LogP contribution in [0.4, 0.5) is 0 Å². The van der Waals surface area contributed by atoms with E-state index in [-0.39, 0.29) is 0 Å². The Bertz CT molecular complexity index is 485. The van der Waals surface area contributed by atoms with Crippen molar-refractivity contribution in [3.8, 4) is 0 Å². The first kappa shape index (κ1) is 13.2. The van der Waals surface area contributed by atoms with Crippen LogP contribution < -0.4 is 5.32 Å². The number of rotatable bonds is 4. The summed E-state index contributed by atoms with van der Waals surface area (Å²) in [5, 5.41) is 2.55. The van der Waals surface area contributed by atoms with Gasteiger partial charge in [-0.25, -0.2) is 8.42 Å². The van der Waals surface area contributed by atoms with Crippen molar-refractivity contribution in [2.24, 2.45) is 0 Å². The molecular weight excluding hydrogens is 294 g/mol. The van der Waals surface area contributed by atoms with Gasteiger partial charge < -0.3 is 5.32 Å². The van der Waals surface area contributed by atoms with Crippen molar-refractivity contribution < 1.29 is 13.2 Å². The molecule has 0 aromatic heterocycles. The molecule has 0 unspecified atom stereocenters. The first-order valence-electron chi connectivity index (χ1n) is 4.56. The third kappa shape index (κ3) is 4.76. The van der Waals surface area contributed by atoms with Crippen molar-refractivity contribution in [3.05, 3.63) is 34.3 Å². The molecule has 0 bridgehead atoms. The van der Waals surface area contributed by atoms with Crippen LogP contribution in [0.25, 0.3) is 0 Å². The molecular formula is C10H12BrNO3S. The lowest BCUT2D eigenvalue weighted by atomic mass is 10.2. The van der Waals surface area contributed by atoms with Gasteiger partial charge in [0, 0.05) is 17.3 Å². The van der Waals surface area contributed by atoms with E-state index in [9.17, 15) is 13.2 Å². The van der Waals surface area contributed by atoms with Gasteiger partial charge in [0.2, 0.25) is 5.91 Å². The number of amides is 1. The van der Waals surface area contributed by atoms with Crippen molar-refractivity contribution in [2.75, 3.05) is 12.0 Å². The molecule has 0 saturated heterocycles. The standard InChI is InChI=1S/C10H12BrNO3S/c1-16(14,15)7-10(13)12-6-8-4-2-3-5-9(8)11/h2-5H,6-7H2,1H3,(H,12,13). The van der Waals surface area contributed by atoms with Crippen LogP contribution in [0.3, 0.4) is 0 Å². The van der Waals surface area contributed by atoms with Crippen molar-refractivity contribution in [1.29, 1.82) is 0 Å². The van der Waals surface area contributed by atoms with Gasteiger partial charge in [0.05, 0.1) is 0 Å². The van der Waals surface area contributed by atoms with E-state index in [4.69, 9.17) is 0 Å². The molecule has 0 spiro atoms. The van der Waals surface area contributed by atoms with E-state index in [0.717, 1.165) is 16.3 Å². The average molecular weight is 306 g/mol. The molecule has 0 radical (unpaired) electrons. The molecule has 1 rings (SSSR count). The fraction of sp³-hybridized carbons (Fsp3) is 0.300. The first-order chi connectivity index (χ1) is 7.38. The Morgan fingerprint density at radius 3 is 2.56 bits per heavy atom. The molecule has 0 aliphatic carbocycles. The van der Waals surface area contributed by atoms with Crippen molar-refractivity contribution in [3.63, 3.8) is 0 Å². The third-order valence-electron chi connectivity index (χ3n) is 1.83. The summed E-state index contributed by atoms with van der Waals surface area (Å²) < 4.78 is 22.6. The maximum atomic E-state index is 11.2. The van der Waals surface area contributed by atoms with Crippen LogP contribution in [-0.4, -0.2) is 26.3 Å². The summed E-state index contributed by atoms with van der Waals surface area (Å²) in [5.74, 6) is -0.962. The van der Waals surface area contributed by atoms with Gasteiger partial charge in [-0.05, 0) is 11.6 Å². The molecule has 1 aromatic rings. The molecule has 0 aliphatic heterocycles. The highest BCUT2D eigenvalue weighted by atomic mass is 79.9. The van der Waals surface area contributed by atoms with E-state index in [1.807, 2.05) is 24.3 Å². The zero-order valence-electron chi connectivity index (χ0n) is 8.73. The SMILES string of the molecule is CS(=O)(=O)CC(=O)NCc1ccccc1Br. The predicted molar refractivity (Wildman–Crippen MR) is 65.7 cm³/mol. The molecule has 16 heavy (non-hydrogen) atoms. The lowest BCUT2D eigenvalue weighted by molar-refractivity contribution is -0.118. The molecule has 0 aliphatic rings. The minimum Gasteiger partial charge on any atom is -0.351 e. The van der Waals surface area contributed by atoms with Gasteiger partial charge in [0.15, 0.2) is 9.84 Å². The van der Waals surface area contributed by atoms with Crippen LogP contribution in [0.5, 0.6) is 0 Å². The van der Waals surface area contributed by atoms with E-state index in [1.54, 1.807) is 0 Å². The Kier molecular flexibility index (Phi) is 4.49. The van der Waals surface area contributed by atoms with E-state index >= 15 is 0 Å². The zero-order chi connectivity index (χ0) is 12.2. The third-order valence-corrected chi connectivity index (χ3v) is 3.39. The summed E-state index contributed by atoms with van der Waals surface area (Å²) in [6, 6.07) is 7.43. The second-order valence-electron chi connectivity index (χ2n) is 3.44. The molecule has 1 N–H and O–H groups in total. The summed E-state index contributed by atoms with van der Waals surface area (Å²) in [4.78, 5) is 11.2. The molecule has 0 atom stereocenters. The molecule has 1 aromatic carbocycles. The van der Waals surface area contributed by atoms with Crippen LogP contribution in [0.15, 0.2) is 28.7 Å². The number of carbonyl (C=O) groups is 1. The minimum atomic E-state index is -3.26. The highest BCUT2D eigenvalue weighted by Gasteiger charge is 2.10. The van der Waals surface area contributed by atoms with E-state index in [2.05, 4.69) is 21.2 Å². The number of hydrogen-bond donors (Lipinski definition) is 1. The quantitative estimate of drug-likeness (QED) is 0.906. The summed E-state index contributed by atoms with van der Waals surface area (Å²) in [6.07, 6.45) is 1.03. The number of nitrogens with one attached hydrogen (secondary N) is 1. The number of hydrogen-bond acceptors (Lipinski definition) is 3. The fourth-order valence-corrected chi connectivity index (χ4v) is 2.13. The van der Waals surface area contributed by atoms with Gasteiger partial charge in [-0.1, -0.05) is 34.1 Å². The van der Waals surface area contributed by atoms with Crippen LogP contribution in [0.1, 0.15) is 5.56 Å². The first-order valence-corrected chi connectivity index (χ1v) is 7.41. The maximum absolute atomic E-state index is 11.2. The van der Waals surface area contributed by atoms with E-state index < -0.39 is 21.5 Å². The highest BCUT2D eigenvalue weighted by Crippen LogP contribution is 2.15. The average Bonchev–Trinajstić information content (AvgIpc) is 2.14. The van der Waals surface area contributed by atoms with Crippen molar-refractivity contribution >= 4 is 31.7 Å². The van der Waals surface area contributed by atoms with Gasteiger partial charge >= 0.3 is 0 Å². The second kappa shape index (κ2) is 5.45. The van der Waals surface area contributed by atoms with Gasteiger partial charge in [-0.15, -0.1) is 0 Å². The Balaban J connectivity index is 2.53. The molecule has 88 valence electrons. The molecule has 0 fully saturated rings. The van der Waals surface area contributed by atoms with Gasteiger partial charge in [0.25, 0.3) is 0 Å². The maximum Gasteiger partial charge on any atom is 0.235 e. The molecule has 0 heterocycles. The molecule has 4 nitrogen and oxygen atoms in total. The summed E-state index contributed by atoms with van der Waals surface area (Å²) in [7, 11) is -3.26. The second-order valence-corrected chi connectivity index (χ2v) is 6.43. The van der Waals surface area contributed by atoms with Crippen LogP contribution >= 0.6 is 15.9 Å². The Morgan fingerprint density at radius 1 is 1.38 bits per heavy atom. The number of benzene rings is 1. The Morgan fingerprint density at radius 2 is 2.00 bits per heavy atom. The molecule has 0 saturated carbocycles. The predicted octanol–water partition coefficient (Wildman–Crippen LogP) is 1.11. The summed E-state index contributed by atoms with van der Waals surface area (Å²) >= 11 is 3.34. The van der Waals surface area contributed by atoms with Gasteiger partial charge in [-0.3, -0.25) is 4.79 Å². The number of carbonyl (C=O) groups excluding carboxylic acids is 1. The number of halogens is 1. The van der Waals surface area contributed by atoms with Crippen molar-refractivity contribution in [1.82, 2.24) is 5.32 Å². The normalized spacial score (nSPS) is 11.1. The molecule has 6 heteroatoms. The Labute approximate surface area is 103 Å². The largest absolute Gasteiger partial charge is 0.351 e. The lowest BCUT2D eigenvalue weighted by Gasteiger charge is -2.06. The zero-order valence-corrected chi connectivity index (χ0v) is 11.1. The summed E-state index contributed by atoms with van der Waals surface area (Å²) in [5.41, 5.74) is 0.907. The van der Waals surface area contributed by atoms with E-state index in [1.165, 1.54) is 0 Å². The topological polar surface area (TPSA) is 63.2 Å². The molecule has 1 amide bonds. The summed E-state index contributed by atoms with van der Waals surface area (Å²) in [6.45, 7) is 0.315. The minimum absolute atomic E-state index is 0.315. The number of sulfone groups is 1. The van der Waals surface area contributed by atoms with Gasteiger partial charge in [0.1, 0.15) is 5.75 Å². The monoisotopic (exact) mass is 305 g/mol. The lowest BCUT2D eigenvalue weighted by Crippen LogP contribution is -2.29. The fourth-order valence-electron chi connectivity index (χ4n) is 1.12. The van der Waals surface area contributed by atoms with Crippen LogP contribution in [0, 0.1) is 0 Å². The highest BCUT2D eigenvalue weighted by molar-refractivity contribution is 9.10. The van der Waals surface area contributed by atoms with Crippen molar-refractivity contribution in [2.45, 2.75) is 6.54 Å². The van der Waals surface area contributed by atoms with Crippen LogP contribution in [-0.2, 0) is 21.2 Å². The smallest absolute Gasteiger partial charge is 0.235 e. The Hall–Kier alpha value is -0.880. The van der Waals surface area contributed by atoms with Crippen LogP contribution in [0.2, 0.25) is 0 Å². The van der Waals surface area contributed by atoms with Gasteiger partial charge in [-0.2, -0.15) is 0 Å². The van der Waals surface area contributed by atoms with E-state index in [0.29, 0.717) is 6.54 Å².